The van der Waals surface area contributed by atoms with Crippen LogP contribution < -0.4 is 0 Å². The molecule has 0 rings (SSSR count). The molecule has 0 heterocycles. The number of hydrogen-bond donors (Lipinski definition) is 0. The maximum absolute atomic E-state index is 3.79. The van der Waals surface area contributed by atoms with Crippen LogP contribution in [0.15, 0.2) is 24.3 Å². The molecular formula is C13H24. The van der Waals surface area contributed by atoms with Crippen molar-refractivity contribution in [2.45, 2.75) is 58.8 Å². The second-order valence-electron chi connectivity index (χ2n) is 3.60. The van der Waals surface area contributed by atoms with Crippen LogP contribution in [0.4, 0.5) is 0 Å². The quantitative estimate of drug-likeness (QED) is 0.369. The highest BCUT2D eigenvalue weighted by molar-refractivity contribution is 5.05. The van der Waals surface area contributed by atoms with Crippen molar-refractivity contribution in [2.75, 3.05) is 0 Å². The summed E-state index contributed by atoms with van der Waals surface area (Å²) in [7, 11) is 0. The number of unbranched alkanes of at least 4 members (excludes halogenated alkanes) is 3. The second-order valence-corrected chi connectivity index (χ2v) is 3.60. The highest BCUT2D eigenvalue weighted by atomic mass is 14.0. The van der Waals surface area contributed by atoms with Gasteiger partial charge in [0.2, 0.25) is 0 Å². The maximum Gasteiger partial charge on any atom is -0.0142 e. The molecule has 0 fully saturated rings. The zero-order chi connectivity index (χ0) is 9.94. The zero-order valence-electron chi connectivity index (χ0n) is 9.31. The molecule has 0 bridgehead atoms. The fraction of sp³-hybridized carbons (Fsp3) is 0.692. The Morgan fingerprint density at radius 1 is 1.15 bits per heavy atom. The summed E-state index contributed by atoms with van der Waals surface area (Å²) >= 11 is 0. The summed E-state index contributed by atoms with van der Waals surface area (Å²) in [5.41, 5.74) is 1.58. The minimum atomic E-state index is 1.08. The smallest absolute Gasteiger partial charge is 0.0142 e. The molecule has 0 aliphatic carbocycles. The van der Waals surface area contributed by atoms with Gasteiger partial charge in [-0.1, -0.05) is 50.8 Å². The molecule has 0 saturated carbocycles. The third-order valence-corrected chi connectivity index (χ3v) is 2.22. The monoisotopic (exact) mass is 180 g/mol. The van der Waals surface area contributed by atoms with Gasteiger partial charge in [0.25, 0.3) is 0 Å². The zero-order valence-corrected chi connectivity index (χ0v) is 9.31. The van der Waals surface area contributed by atoms with Crippen LogP contribution in [0.3, 0.4) is 0 Å². The Morgan fingerprint density at radius 2 is 1.92 bits per heavy atom. The summed E-state index contributed by atoms with van der Waals surface area (Å²) in [6.07, 6.45) is 13.3. The van der Waals surface area contributed by atoms with E-state index in [-0.39, 0.29) is 0 Å². The van der Waals surface area contributed by atoms with Gasteiger partial charge < -0.3 is 0 Å². The van der Waals surface area contributed by atoms with Gasteiger partial charge in [-0.25, -0.2) is 0 Å². The van der Waals surface area contributed by atoms with E-state index in [0.29, 0.717) is 0 Å². The summed E-state index contributed by atoms with van der Waals surface area (Å²) in [6.45, 7) is 8.28. The van der Waals surface area contributed by atoms with Gasteiger partial charge in [0.15, 0.2) is 0 Å². The average molecular weight is 180 g/mol. The molecule has 0 saturated heterocycles. The Bertz CT molecular complexity index is 142. The lowest BCUT2D eigenvalue weighted by Gasteiger charge is -2.02. The third kappa shape index (κ3) is 7.83. The SMILES string of the molecule is C=CC/C(=C\CCCCC)CCC. The van der Waals surface area contributed by atoms with Crippen molar-refractivity contribution in [3.8, 4) is 0 Å². The number of allylic oxidation sites excluding steroid dienone is 3. The predicted molar refractivity (Wildman–Crippen MR) is 61.9 cm³/mol. The first-order valence-electron chi connectivity index (χ1n) is 5.63. The summed E-state index contributed by atoms with van der Waals surface area (Å²) < 4.78 is 0. The molecule has 0 atom stereocenters. The second kappa shape index (κ2) is 9.57. The van der Waals surface area contributed by atoms with Crippen LogP contribution >= 0.6 is 0 Å². The lowest BCUT2D eigenvalue weighted by Crippen LogP contribution is -1.82. The molecule has 0 spiro atoms. The van der Waals surface area contributed by atoms with E-state index in [2.05, 4.69) is 26.5 Å². The summed E-state index contributed by atoms with van der Waals surface area (Å²) in [5, 5.41) is 0. The van der Waals surface area contributed by atoms with E-state index in [4.69, 9.17) is 0 Å². The Balaban J connectivity index is 3.67. The van der Waals surface area contributed by atoms with Crippen molar-refractivity contribution in [3.05, 3.63) is 24.3 Å². The van der Waals surface area contributed by atoms with Gasteiger partial charge in [-0.2, -0.15) is 0 Å². The van der Waals surface area contributed by atoms with E-state index >= 15 is 0 Å². The number of rotatable bonds is 8. The van der Waals surface area contributed by atoms with Crippen LogP contribution in [0.2, 0.25) is 0 Å². The fourth-order valence-corrected chi connectivity index (χ4v) is 1.49. The summed E-state index contributed by atoms with van der Waals surface area (Å²) in [4.78, 5) is 0. The Morgan fingerprint density at radius 3 is 2.46 bits per heavy atom. The van der Waals surface area contributed by atoms with Gasteiger partial charge in [-0.3, -0.25) is 0 Å². The van der Waals surface area contributed by atoms with Crippen molar-refractivity contribution in [1.82, 2.24) is 0 Å². The third-order valence-electron chi connectivity index (χ3n) is 2.22. The minimum absolute atomic E-state index is 1.08. The lowest BCUT2D eigenvalue weighted by atomic mass is 10.0. The van der Waals surface area contributed by atoms with Crippen molar-refractivity contribution in [2.24, 2.45) is 0 Å². The molecule has 0 aromatic heterocycles. The summed E-state index contributed by atoms with van der Waals surface area (Å²) in [6, 6.07) is 0. The van der Waals surface area contributed by atoms with Crippen molar-refractivity contribution in [3.63, 3.8) is 0 Å². The van der Waals surface area contributed by atoms with Crippen molar-refractivity contribution < 1.29 is 0 Å². The Kier molecular flexibility index (Phi) is 9.18. The molecule has 0 aromatic rings. The van der Waals surface area contributed by atoms with E-state index in [1.807, 2.05) is 6.08 Å². The van der Waals surface area contributed by atoms with E-state index in [1.54, 1.807) is 5.57 Å². The lowest BCUT2D eigenvalue weighted by molar-refractivity contribution is 0.722. The average Bonchev–Trinajstić information content (AvgIpc) is 2.13. The molecule has 0 nitrogen and oxygen atoms in total. The highest BCUT2D eigenvalue weighted by Crippen LogP contribution is 2.12. The van der Waals surface area contributed by atoms with Gasteiger partial charge in [-0.15, -0.1) is 6.58 Å². The molecular weight excluding hydrogens is 156 g/mol. The fourth-order valence-electron chi connectivity index (χ4n) is 1.49. The topological polar surface area (TPSA) is 0 Å². The standard InChI is InChI=1S/C13H24/c1-4-7-8-9-12-13(10-5-2)11-6-3/h5,12H,2,4,6-11H2,1,3H3/b13-12+. The van der Waals surface area contributed by atoms with Gasteiger partial charge in [-0.05, 0) is 25.7 Å². The van der Waals surface area contributed by atoms with Crippen LogP contribution in [-0.4, -0.2) is 0 Å². The molecule has 13 heavy (non-hydrogen) atoms. The van der Waals surface area contributed by atoms with Gasteiger partial charge >= 0.3 is 0 Å². The Labute approximate surface area is 83.7 Å². The molecule has 0 aliphatic rings. The molecule has 76 valence electrons. The molecule has 0 aromatic carbocycles. The van der Waals surface area contributed by atoms with Crippen LogP contribution in [-0.2, 0) is 0 Å². The van der Waals surface area contributed by atoms with E-state index < -0.39 is 0 Å². The molecule has 0 N–H and O–H groups in total. The van der Waals surface area contributed by atoms with E-state index in [1.165, 1.54) is 38.5 Å². The normalized spacial score (nSPS) is 11.7. The first-order chi connectivity index (χ1) is 6.35. The molecule has 0 amide bonds. The molecule has 0 aliphatic heterocycles. The van der Waals surface area contributed by atoms with Crippen LogP contribution in [0.1, 0.15) is 58.8 Å². The van der Waals surface area contributed by atoms with Gasteiger partial charge in [0, 0.05) is 0 Å². The molecule has 0 heteroatoms. The first kappa shape index (κ1) is 12.5. The van der Waals surface area contributed by atoms with Crippen LogP contribution in [0, 0.1) is 0 Å². The van der Waals surface area contributed by atoms with Crippen LogP contribution in [0.5, 0.6) is 0 Å². The Hall–Kier alpha value is -0.520. The molecule has 0 radical (unpaired) electrons. The highest BCUT2D eigenvalue weighted by Gasteiger charge is 1.92. The maximum atomic E-state index is 3.79. The van der Waals surface area contributed by atoms with Gasteiger partial charge in [0.05, 0.1) is 0 Å². The van der Waals surface area contributed by atoms with Crippen LogP contribution in [0.25, 0.3) is 0 Å². The van der Waals surface area contributed by atoms with Crippen molar-refractivity contribution in [1.29, 1.82) is 0 Å². The molecule has 0 unspecified atom stereocenters. The first-order valence-corrected chi connectivity index (χ1v) is 5.63. The summed E-state index contributed by atoms with van der Waals surface area (Å²) in [5.74, 6) is 0. The minimum Gasteiger partial charge on any atom is -0.103 e. The van der Waals surface area contributed by atoms with Gasteiger partial charge in [0.1, 0.15) is 0 Å². The van der Waals surface area contributed by atoms with E-state index in [9.17, 15) is 0 Å². The van der Waals surface area contributed by atoms with Crippen molar-refractivity contribution >= 4 is 0 Å². The number of hydrogen-bond acceptors (Lipinski definition) is 0. The van der Waals surface area contributed by atoms with E-state index in [0.717, 1.165) is 6.42 Å². The predicted octanol–water partition coefficient (Wildman–Crippen LogP) is 4.87. The largest absolute Gasteiger partial charge is 0.103 e.